The Morgan fingerprint density at radius 1 is 1.09 bits per heavy atom. The molecule has 23 heavy (non-hydrogen) atoms. The fourth-order valence-corrected chi connectivity index (χ4v) is 4.35. The van der Waals surface area contributed by atoms with Crippen LogP contribution in [0, 0.1) is 0 Å². The van der Waals surface area contributed by atoms with Crippen LogP contribution in [-0.2, 0) is 9.59 Å². The van der Waals surface area contributed by atoms with Crippen LogP contribution in [0.2, 0.25) is 0 Å². The highest BCUT2D eigenvalue weighted by atomic mass is 16.2. The largest absolute Gasteiger partial charge is 0.336 e. The monoisotopic (exact) mass is 321 g/mol. The third-order valence-corrected chi connectivity index (χ3v) is 5.78. The summed E-state index contributed by atoms with van der Waals surface area (Å²) in [5.41, 5.74) is 0. The Kier molecular flexibility index (Phi) is 5.57. The molecule has 0 aliphatic carbocycles. The molecule has 0 aromatic carbocycles. The molecule has 0 radical (unpaired) electrons. The van der Waals surface area contributed by atoms with E-state index in [0.29, 0.717) is 6.42 Å². The first-order valence-corrected chi connectivity index (χ1v) is 9.49. The smallest absolute Gasteiger partial charge is 0.245 e. The Hall–Kier alpha value is -1.10. The fourth-order valence-electron chi connectivity index (χ4n) is 4.35. The van der Waals surface area contributed by atoms with Gasteiger partial charge in [0.1, 0.15) is 6.04 Å². The van der Waals surface area contributed by atoms with Gasteiger partial charge in [-0.3, -0.25) is 9.59 Å². The predicted octanol–water partition coefficient (Wildman–Crippen LogP) is 1.86. The lowest BCUT2D eigenvalue weighted by Crippen LogP contribution is -2.60. The van der Waals surface area contributed by atoms with Gasteiger partial charge in [0.2, 0.25) is 11.8 Å². The zero-order chi connectivity index (χ0) is 16.2. The van der Waals surface area contributed by atoms with Crippen LogP contribution in [0.3, 0.4) is 0 Å². The molecule has 0 saturated carbocycles. The molecule has 3 rings (SSSR count). The normalized spacial score (nSPS) is 29.5. The zero-order valence-corrected chi connectivity index (χ0v) is 14.5. The summed E-state index contributed by atoms with van der Waals surface area (Å²) in [4.78, 5) is 31.3. The summed E-state index contributed by atoms with van der Waals surface area (Å²) in [5, 5.41) is 0. The third-order valence-electron chi connectivity index (χ3n) is 5.78. The molecule has 0 bridgehead atoms. The van der Waals surface area contributed by atoms with Crippen molar-refractivity contribution in [3.63, 3.8) is 0 Å². The van der Waals surface area contributed by atoms with Crippen LogP contribution < -0.4 is 0 Å². The second kappa shape index (κ2) is 7.65. The molecular formula is C18H31N3O2. The van der Waals surface area contributed by atoms with Gasteiger partial charge in [0.05, 0.1) is 0 Å². The van der Waals surface area contributed by atoms with Crippen molar-refractivity contribution < 1.29 is 9.59 Å². The van der Waals surface area contributed by atoms with Crippen molar-refractivity contribution in [3.8, 4) is 0 Å². The van der Waals surface area contributed by atoms with Gasteiger partial charge in [-0.2, -0.15) is 0 Å². The minimum absolute atomic E-state index is 0.152. The summed E-state index contributed by atoms with van der Waals surface area (Å²) < 4.78 is 0. The third kappa shape index (κ3) is 3.87. The summed E-state index contributed by atoms with van der Waals surface area (Å²) in [5.74, 6) is 0.326. The average molecular weight is 321 g/mol. The maximum Gasteiger partial charge on any atom is 0.245 e. The number of piperazine rings is 1. The molecule has 5 heteroatoms. The van der Waals surface area contributed by atoms with Crippen molar-refractivity contribution in [3.05, 3.63) is 0 Å². The molecule has 130 valence electrons. The molecule has 3 heterocycles. The van der Waals surface area contributed by atoms with Gasteiger partial charge in [0.25, 0.3) is 0 Å². The Bertz CT molecular complexity index is 432. The molecule has 3 aliphatic rings. The predicted molar refractivity (Wildman–Crippen MR) is 90.1 cm³/mol. The number of hydrogen-bond donors (Lipinski definition) is 0. The topological polar surface area (TPSA) is 43.9 Å². The Balaban J connectivity index is 1.46. The summed E-state index contributed by atoms with van der Waals surface area (Å²) in [6, 6.07) is 0.00305. The van der Waals surface area contributed by atoms with E-state index in [9.17, 15) is 9.59 Å². The summed E-state index contributed by atoms with van der Waals surface area (Å²) in [6.07, 6.45) is 8.93. The van der Waals surface area contributed by atoms with E-state index in [1.165, 1.54) is 38.8 Å². The molecule has 3 fully saturated rings. The first-order chi connectivity index (χ1) is 11.2. The highest BCUT2D eigenvalue weighted by molar-refractivity contribution is 5.89. The number of carbonyl (C=O) groups excluding carboxylic acids is 2. The summed E-state index contributed by atoms with van der Waals surface area (Å²) >= 11 is 0. The van der Waals surface area contributed by atoms with Gasteiger partial charge in [-0.25, -0.2) is 0 Å². The molecule has 0 aromatic rings. The van der Waals surface area contributed by atoms with Crippen LogP contribution in [0.25, 0.3) is 0 Å². The SMILES string of the molecule is C[C@H]1C(=O)N2CCC[C@@H]2CN1C(=O)CCCN1CCCCCC1. The van der Waals surface area contributed by atoms with Crippen molar-refractivity contribution in [2.75, 3.05) is 32.7 Å². The van der Waals surface area contributed by atoms with E-state index in [2.05, 4.69) is 4.90 Å². The molecule has 3 aliphatic heterocycles. The van der Waals surface area contributed by atoms with E-state index in [0.717, 1.165) is 38.9 Å². The number of carbonyl (C=O) groups is 2. The van der Waals surface area contributed by atoms with Gasteiger partial charge < -0.3 is 14.7 Å². The standard InChI is InChI=1S/C18H31N3O2/c1-15-18(23)20-13-6-8-16(20)14-21(15)17(22)9-7-12-19-10-4-2-3-5-11-19/h15-16H,2-14H2,1H3/t15-,16+/m0/s1. The van der Waals surface area contributed by atoms with E-state index in [4.69, 9.17) is 0 Å². The Morgan fingerprint density at radius 2 is 1.83 bits per heavy atom. The fraction of sp³-hybridized carbons (Fsp3) is 0.889. The zero-order valence-electron chi connectivity index (χ0n) is 14.5. The van der Waals surface area contributed by atoms with Crippen LogP contribution in [0.5, 0.6) is 0 Å². The van der Waals surface area contributed by atoms with Gasteiger partial charge in [-0.15, -0.1) is 0 Å². The molecule has 0 unspecified atom stereocenters. The number of nitrogens with zero attached hydrogens (tertiary/aromatic N) is 3. The second-order valence-corrected chi connectivity index (χ2v) is 7.41. The molecule has 0 N–H and O–H groups in total. The van der Waals surface area contributed by atoms with Gasteiger partial charge >= 0.3 is 0 Å². The number of rotatable bonds is 4. The first-order valence-electron chi connectivity index (χ1n) is 9.49. The van der Waals surface area contributed by atoms with Crippen LogP contribution in [0.15, 0.2) is 0 Å². The van der Waals surface area contributed by atoms with Crippen molar-refractivity contribution in [2.24, 2.45) is 0 Å². The minimum atomic E-state index is -0.268. The number of hydrogen-bond acceptors (Lipinski definition) is 3. The Morgan fingerprint density at radius 3 is 2.57 bits per heavy atom. The minimum Gasteiger partial charge on any atom is -0.336 e. The molecular weight excluding hydrogens is 290 g/mol. The van der Waals surface area contributed by atoms with E-state index in [1.54, 1.807) is 0 Å². The maximum atomic E-state index is 12.6. The maximum absolute atomic E-state index is 12.6. The molecule has 0 spiro atoms. The van der Waals surface area contributed by atoms with E-state index >= 15 is 0 Å². The van der Waals surface area contributed by atoms with Crippen LogP contribution in [0.4, 0.5) is 0 Å². The highest BCUT2D eigenvalue weighted by Gasteiger charge is 2.41. The lowest BCUT2D eigenvalue weighted by Gasteiger charge is -2.41. The number of likely N-dealkylation sites (tertiary alicyclic amines) is 1. The average Bonchev–Trinajstić information content (AvgIpc) is 2.87. The summed E-state index contributed by atoms with van der Waals surface area (Å²) in [6.45, 7) is 6.91. The van der Waals surface area contributed by atoms with E-state index < -0.39 is 0 Å². The van der Waals surface area contributed by atoms with Crippen molar-refractivity contribution >= 4 is 11.8 Å². The second-order valence-electron chi connectivity index (χ2n) is 7.41. The van der Waals surface area contributed by atoms with Gasteiger partial charge in [0, 0.05) is 25.6 Å². The van der Waals surface area contributed by atoms with E-state index in [-0.39, 0.29) is 23.9 Å². The van der Waals surface area contributed by atoms with Gasteiger partial charge in [-0.1, -0.05) is 12.8 Å². The van der Waals surface area contributed by atoms with Gasteiger partial charge in [-0.05, 0) is 58.7 Å². The van der Waals surface area contributed by atoms with Crippen LogP contribution >= 0.6 is 0 Å². The Labute approximate surface area is 140 Å². The first kappa shape index (κ1) is 16.7. The van der Waals surface area contributed by atoms with E-state index in [1.807, 2.05) is 16.7 Å². The van der Waals surface area contributed by atoms with Crippen molar-refractivity contribution in [1.82, 2.24) is 14.7 Å². The lowest BCUT2D eigenvalue weighted by atomic mass is 10.1. The molecule has 0 aromatic heterocycles. The number of amides is 2. The lowest BCUT2D eigenvalue weighted by molar-refractivity contribution is -0.152. The van der Waals surface area contributed by atoms with Gasteiger partial charge in [0.15, 0.2) is 0 Å². The number of fused-ring (bicyclic) bond motifs is 1. The molecule has 5 nitrogen and oxygen atoms in total. The molecule has 2 atom stereocenters. The highest BCUT2D eigenvalue weighted by Crippen LogP contribution is 2.26. The molecule has 2 amide bonds. The summed E-state index contributed by atoms with van der Waals surface area (Å²) in [7, 11) is 0. The van der Waals surface area contributed by atoms with Crippen molar-refractivity contribution in [1.29, 1.82) is 0 Å². The van der Waals surface area contributed by atoms with Crippen molar-refractivity contribution in [2.45, 2.75) is 70.4 Å². The molecule has 3 saturated heterocycles. The van der Waals surface area contributed by atoms with Crippen LogP contribution in [0.1, 0.15) is 58.3 Å². The quantitative estimate of drug-likeness (QED) is 0.794. The van der Waals surface area contributed by atoms with Crippen LogP contribution in [-0.4, -0.2) is 71.3 Å².